The van der Waals surface area contributed by atoms with Gasteiger partial charge in [0, 0.05) is 13.6 Å². The van der Waals surface area contributed by atoms with Crippen molar-refractivity contribution in [1.82, 2.24) is 0 Å². The summed E-state index contributed by atoms with van der Waals surface area (Å²) in [6.45, 7) is 1.52. The maximum Gasteiger partial charge on any atom is 0.124 e. The summed E-state index contributed by atoms with van der Waals surface area (Å²) in [6, 6.07) is 15.0. The number of rotatable bonds is 4. The van der Waals surface area contributed by atoms with E-state index in [1.54, 1.807) is 0 Å². The van der Waals surface area contributed by atoms with E-state index in [1.807, 2.05) is 0 Å². The van der Waals surface area contributed by atoms with Crippen LogP contribution in [0.15, 0.2) is 42.5 Å². The number of hydrogen-bond acceptors (Lipinski definition) is 2. The molecule has 0 saturated carbocycles. The molecule has 1 atom stereocenters. The van der Waals surface area contributed by atoms with Gasteiger partial charge in [0.15, 0.2) is 0 Å². The molecule has 0 N–H and O–H groups in total. The van der Waals surface area contributed by atoms with Gasteiger partial charge < -0.3 is 9.47 Å². The lowest BCUT2D eigenvalue weighted by Crippen LogP contribution is -2.15. The monoisotopic (exact) mass is 506 g/mol. The molecule has 1 unspecified atom stereocenters. The summed E-state index contributed by atoms with van der Waals surface area (Å²) in [5, 5.41) is 0. The first-order valence-electron chi connectivity index (χ1n) is 6.98. The van der Waals surface area contributed by atoms with Crippen molar-refractivity contribution in [3.63, 3.8) is 0 Å². The predicted octanol–water partition coefficient (Wildman–Crippen LogP) is 4.65. The fourth-order valence-corrected chi connectivity index (χ4v) is 3.46. The molecule has 1 saturated heterocycles. The summed E-state index contributed by atoms with van der Waals surface area (Å²) in [5.41, 5.74) is 2.69. The standard InChI is InChI=1S/C17H16I2O2/c18-14-3-6-17(19)13(10-14)9-12-1-4-15(5-2-12)21-16-7-8-20-11-16/h1-6,10,16H,7-9,11H2. The maximum absolute atomic E-state index is 5.90. The number of halogens is 2. The zero-order valence-electron chi connectivity index (χ0n) is 11.5. The smallest absolute Gasteiger partial charge is 0.124 e. The largest absolute Gasteiger partial charge is 0.488 e. The van der Waals surface area contributed by atoms with Crippen LogP contribution in [0.4, 0.5) is 0 Å². The van der Waals surface area contributed by atoms with Crippen LogP contribution in [0.2, 0.25) is 0 Å². The van der Waals surface area contributed by atoms with Crippen LogP contribution in [0.3, 0.4) is 0 Å². The average molecular weight is 506 g/mol. The summed E-state index contributed by atoms with van der Waals surface area (Å²) in [4.78, 5) is 0. The van der Waals surface area contributed by atoms with Crippen molar-refractivity contribution < 1.29 is 9.47 Å². The third-order valence-corrected chi connectivity index (χ3v) is 5.24. The highest BCUT2D eigenvalue weighted by Gasteiger charge is 2.16. The van der Waals surface area contributed by atoms with Crippen LogP contribution in [0.25, 0.3) is 0 Å². The van der Waals surface area contributed by atoms with E-state index in [0.29, 0.717) is 6.61 Å². The van der Waals surface area contributed by atoms with Crippen molar-refractivity contribution in [3.05, 3.63) is 60.7 Å². The number of benzene rings is 2. The minimum absolute atomic E-state index is 0.215. The Morgan fingerprint density at radius 3 is 2.62 bits per heavy atom. The molecule has 0 radical (unpaired) electrons. The van der Waals surface area contributed by atoms with Crippen LogP contribution in [0, 0.1) is 7.14 Å². The Morgan fingerprint density at radius 1 is 1.10 bits per heavy atom. The topological polar surface area (TPSA) is 18.5 Å². The summed E-state index contributed by atoms with van der Waals surface area (Å²) in [7, 11) is 0. The second-order valence-electron chi connectivity index (χ2n) is 5.16. The molecule has 1 aliphatic heterocycles. The quantitative estimate of drug-likeness (QED) is 0.563. The van der Waals surface area contributed by atoms with E-state index in [1.165, 1.54) is 18.3 Å². The van der Waals surface area contributed by atoms with E-state index in [-0.39, 0.29) is 6.10 Å². The van der Waals surface area contributed by atoms with Crippen LogP contribution in [-0.2, 0) is 11.2 Å². The fourth-order valence-electron chi connectivity index (χ4n) is 2.38. The second-order valence-corrected chi connectivity index (χ2v) is 7.57. The van der Waals surface area contributed by atoms with Gasteiger partial charge in [0.2, 0.25) is 0 Å². The van der Waals surface area contributed by atoms with Crippen LogP contribution in [0.1, 0.15) is 17.5 Å². The van der Waals surface area contributed by atoms with Crippen molar-refractivity contribution in [1.29, 1.82) is 0 Å². The lowest BCUT2D eigenvalue weighted by atomic mass is 10.1. The van der Waals surface area contributed by atoms with Crippen molar-refractivity contribution in [2.75, 3.05) is 13.2 Å². The Balaban J connectivity index is 1.67. The van der Waals surface area contributed by atoms with E-state index in [0.717, 1.165) is 25.2 Å². The molecular weight excluding hydrogens is 490 g/mol. The molecule has 0 aromatic heterocycles. The molecule has 21 heavy (non-hydrogen) atoms. The van der Waals surface area contributed by atoms with Gasteiger partial charge >= 0.3 is 0 Å². The highest BCUT2D eigenvalue weighted by atomic mass is 127. The molecule has 0 aliphatic carbocycles. The Kier molecular flexibility index (Phi) is 5.39. The second kappa shape index (κ2) is 7.28. The molecule has 0 bridgehead atoms. The van der Waals surface area contributed by atoms with Crippen LogP contribution < -0.4 is 4.74 Å². The van der Waals surface area contributed by atoms with Gasteiger partial charge in [0.25, 0.3) is 0 Å². The number of ether oxygens (including phenoxy) is 2. The molecule has 110 valence electrons. The van der Waals surface area contributed by atoms with Crippen molar-refractivity contribution in [3.8, 4) is 5.75 Å². The molecule has 2 aromatic rings. The summed E-state index contributed by atoms with van der Waals surface area (Å²) in [6.07, 6.45) is 2.16. The third-order valence-electron chi connectivity index (χ3n) is 3.52. The molecule has 0 spiro atoms. The minimum Gasteiger partial charge on any atom is -0.488 e. The zero-order chi connectivity index (χ0) is 14.7. The van der Waals surface area contributed by atoms with Gasteiger partial charge in [-0.05, 0) is 93.1 Å². The van der Waals surface area contributed by atoms with Crippen LogP contribution in [-0.4, -0.2) is 19.3 Å². The van der Waals surface area contributed by atoms with E-state index < -0.39 is 0 Å². The fraction of sp³-hybridized carbons (Fsp3) is 0.294. The van der Waals surface area contributed by atoms with Gasteiger partial charge in [-0.15, -0.1) is 0 Å². The lowest BCUT2D eigenvalue weighted by molar-refractivity contribution is 0.141. The van der Waals surface area contributed by atoms with E-state index >= 15 is 0 Å². The molecule has 2 aromatic carbocycles. The van der Waals surface area contributed by atoms with Gasteiger partial charge in [0.1, 0.15) is 11.9 Å². The predicted molar refractivity (Wildman–Crippen MR) is 101 cm³/mol. The summed E-state index contributed by atoms with van der Waals surface area (Å²) >= 11 is 4.76. The van der Waals surface area contributed by atoms with E-state index in [4.69, 9.17) is 9.47 Å². The molecule has 0 amide bonds. The molecule has 4 heteroatoms. The van der Waals surface area contributed by atoms with Gasteiger partial charge in [-0.25, -0.2) is 0 Å². The minimum atomic E-state index is 0.215. The Morgan fingerprint density at radius 2 is 1.90 bits per heavy atom. The molecule has 2 nitrogen and oxygen atoms in total. The van der Waals surface area contributed by atoms with E-state index in [2.05, 4.69) is 87.6 Å². The maximum atomic E-state index is 5.90. The van der Waals surface area contributed by atoms with Gasteiger partial charge in [0.05, 0.1) is 13.2 Å². The highest BCUT2D eigenvalue weighted by Crippen LogP contribution is 2.22. The zero-order valence-corrected chi connectivity index (χ0v) is 15.8. The molecule has 1 aliphatic rings. The highest BCUT2D eigenvalue weighted by molar-refractivity contribution is 14.1. The Bertz CT molecular complexity index is 605. The normalized spacial score (nSPS) is 17.9. The van der Waals surface area contributed by atoms with E-state index in [9.17, 15) is 0 Å². The summed E-state index contributed by atoms with van der Waals surface area (Å²) < 4.78 is 13.8. The van der Waals surface area contributed by atoms with Gasteiger partial charge in [-0.1, -0.05) is 12.1 Å². The molecule has 3 rings (SSSR count). The first-order chi connectivity index (χ1) is 10.2. The lowest BCUT2D eigenvalue weighted by Gasteiger charge is -2.12. The first-order valence-corrected chi connectivity index (χ1v) is 9.14. The average Bonchev–Trinajstić information content (AvgIpc) is 2.98. The van der Waals surface area contributed by atoms with Gasteiger partial charge in [-0.3, -0.25) is 0 Å². The van der Waals surface area contributed by atoms with Crippen molar-refractivity contribution in [2.45, 2.75) is 18.9 Å². The molecule has 1 fully saturated rings. The molecule has 1 heterocycles. The van der Waals surface area contributed by atoms with Crippen molar-refractivity contribution in [2.24, 2.45) is 0 Å². The van der Waals surface area contributed by atoms with Crippen LogP contribution in [0.5, 0.6) is 5.75 Å². The Labute approximate surface area is 152 Å². The molecular formula is C17H16I2O2. The van der Waals surface area contributed by atoms with Crippen molar-refractivity contribution >= 4 is 45.2 Å². The van der Waals surface area contributed by atoms with Gasteiger partial charge in [-0.2, -0.15) is 0 Å². The Hall–Kier alpha value is -0.340. The third kappa shape index (κ3) is 4.32. The SMILES string of the molecule is Ic1ccc(I)c(Cc2ccc(OC3CCOC3)cc2)c1. The summed E-state index contributed by atoms with van der Waals surface area (Å²) in [5.74, 6) is 0.937. The number of hydrogen-bond donors (Lipinski definition) is 0. The van der Waals surface area contributed by atoms with Crippen LogP contribution >= 0.6 is 45.2 Å². The first kappa shape index (κ1) is 15.6.